The van der Waals surface area contributed by atoms with Gasteiger partial charge in [0, 0.05) is 12.6 Å². The maximum atomic E-state index is 10.5. The fourth-order valence-electron chi connectivity index (χ4n) is 0.610. The molecule has 0 aromatic rings. The molecule has 44 valence electrons. The summed E-state index contributed by atoms with van der Waals surface area (Å²) < 4.78 is 0. The molecule has 0 fully saturated rings. The van der Waals surface area contributed by atoms with Gasteiger partial charge < -0.3 is 0 Å². The molecule has 0 saturated carbocycles. The molecule has 0 bridgehead atoms. The molecule has 0 aromatic carbocycles. The van der Waals surface area contributed by atoms with Crippen molar-refractivity contribution in [3.63, 3.8) is 0 Å². The number of carbonyl (C=O) groups excluding carboxylic acids is 1. The summed E-state index contributed by atoms with van der Waals surface area (Å²) in [5.74, 6) is 0.155. The van der Waals surface area contributed by atoms with Crippen LogP contribution in [0.5, 0.6) is 0 Å². The minimum atomic E-state index is -0.0463. The molecule has 1 aliphatic heterocycles. The Hall–Kier alpha value is -0.860. The molecule has 3 nitrogen and oxygen atoms in total. The van der Waals surface area contributed by atoms with E-state index in [0.717, 1.165) is 6.42 Å². The molecular formula is C5H8N2O. The quantitative estimate of drug-likeness (QED) is 0.515. The van der Waals surface area contributed by atoms with Crippen LogP contribution in [0.15, 0.2) is 5.10 Å². The maximum absolute atomic E-state index is 10.5. The summed E-state index contributed by atoms with van der Waals surface area (Å²) in [6, 6.07) is -0.0463. The normalized spacial score (nSPS) is 25.4. The van der Waals surface area contributed by atoms with Crippen molar-refractivity contribution in [3.05, 3.63) is 0 Å². The van der Waals surface area contributed by atoms with Crippen LogP contribution in [0.25, 0.3) is 0 Å². The Bertz CT molecular complexity index is 122. The molecule has 0 radical (unpaired) electrons. The van der Waals surface area contributed by atoms with Gasteiger partial charge in [-0.05, 0) is 6.92 Å². The molecular weight excluding hydrogens is 104 g/mol. The molecule has 1 atom stereocenters. The fourth-order valence-corrected chi connectivity index (χ4v) is 0.610. The molecule has 8 heavy (non-hydrogen) atoms. The first-order valence-corrected chi connectivity index (χ1v) is 2.58. The van der Waals surface area contributed by atoms with Crippen molar-refractivity contribution in [1.82, 2.24) is 5.43 Å². The molecule has 1 N–H and O–H groups in total. The van der Waals surface area contributed by atoms with E-state index in [9.17, 15) is 4.79 Å². The second-order valence-electron chi connectivity index (χ2n) is 1.84. The number of hydrazone groups is 1. The highest BCUT2D eigenvalue weighted by Gasteiger charge is 2.13. The van der Waals surface area contributed by atoms with Crippen LogP contribution < -0.4 is 5.43 Å². The van der Waals surface area contributed by atoms with Crippen LogP contribution in [-0.2, 0) is 4.79 Å². The summed E-state index contributed by atoms with van der Waals surface area (Å²) in [5.41, 5.74) is 2.68. The fraction of sp³-hybridized carbons (Fsp3) is 0.600. The van der Waals surface area contributed by atoms with Gasteiger partial charge in [-0.15, -0.1) is 0 Å². The van der Waals surface area contributed by atoms with E-state index in [1.807, 2.05) is 0 Å². The summed E-state index contributed by atoms with van der Waals surface area (Å²) in [5, 5.41) is 3.69. The van der Waals surface area contributed by atoms with Crippen LogP contribution in [-0.4, -0.2) is 18.0 Å². The van der Waals surface area contributed by atoms with Gasteiger partial charge in [0.1, 0.15) is 6.04 Å². The molecule has 1 unspecified atom stereocenters. The maximum Gasteiger partial charge on any atom is 0.153 e. The third-order valence-electron chi connectivity index (χ3n) is 1.15. The molecule has 0 aliphatic carbocycles. The minimum absolute atomic E-state index is 0.0463. The van der Waals surface area contributed by atoms with E-state index in [1.54, 1.807) is 13.1 Å². The third-order valence-corrected chi connectivity index (χ3v) is 1.15. The van der Waals surface area contributed by atoms with Crippen LogP contribution >= 0.6 is 0 Å². The lowest BCUT2D eigenvalue weighted by atomic mass is 10.2. The van der Waals surface area contributed by atoms with Gasteiger partial charge in [-0.2, -0.15) is 5.10 Å². The van der Waals surface area contributed by atoms with Gasteiger partial charge in [0.2, 0.25) is 0 Å². The Labute approximate surface area is 47.8 Å². The second-order valence-corrected chi connectivity index (χ2v) is 1.84. The van der Waals surface area contributed by atoms with Crippen LogP contribution in [0.1, 0.15) is 13.3 Å². The predicted octanol–water partition coefficient (Wildman–Crippen LogP) is -0.0769. The van der Waals surface area contributed by atoms with Crippen LogP contribution in [0.3, 0.4) is 0 Å². The number of nitrogens with zero attached hydrogens (tertiary/aromatic N) is 1. The van der Waals surface area contributed by atoms with Gasteiger partial charge in [-0.3, -0.25) is 10.2 Å². The molecule has 1 rings (SSSR count). The minimum Gasteiger partial charge on any atom is -0.300 e. The number of hydrogen-bond acceptors (Lipinski definition) is 3. The number of carbonyl (C=O) groups is 1. The van der Waals surface area contributed by atoms with Crippen molar-refractivity contribution in [3.8, 4) is 0 Å². The lowest BCUT2D eigenvalue weighted by molar-refractivity contribution is -0.118. The molecule has 3 heteroatoms. The standard InChI is InChI=1S/C5H8N2O/c1-4(8)5-2-3-6-7-5/h3,5,7H,2H2,1H3. The molecule has 0 spiro atoms. The van der Waals surface area contributed by atoms with Crippen molar-refractivity contribution in [1.29, 1.82) is 0 Å². The molecule has 1 heterocycles. The van der Waals surface area contributed by atoms with Gasteiger partial charge in [-0.1, -0.05) is 0 Å². The monoisotopic (exact) mass is 112 g/mol. The largest absolute Gasteiger partial charge is 0.300 e. The van der Waals surface area contributed by atoms with Crippen LogP contribution in [0, 0.1) is 0 Å². The predicted molar refractivity (Wildman–Crippen MR) is 30.7 cm³/mol. The van der Waals surface area contributed by atoms with E-state index in [2.05, 4.69) is 10.5 Å². The van der Waals surface area contributed by atoms with Gasteiger partial charge in [0.05, 0.1) is 0 Å². The van der Waals surface area contributed by atoms with Gasteiger partial charge in [-0.25, -0.2) is 0 Å². The highest BCUT2D eigenvalue weighted by atomic mass is 16.1. The van der Waals surface area contributed by atoms with E-state index >= 15 is 0 Å². The Morgan fingerprint density at radius 1 is 2.00 bits per heavy atom. The first-order chi connectivity index (χ1) is 3.80. The SMILES string of the molecule is CC(=O)C1CC=NN1. The molecule has 0 aromatic heterocycles. The zero-order chi connectivity index (χ0) is 5.98. The lowest BCUT2D eigenvalue weighted by Crippen LogP contribution is -2.26. The Kier molecular flexibility index (Phi) is 1.28. The van der Waals surface area contributed by atoms with E-state index in [4.69, 9.17) is 0 Å². The zero-order valence-electron chi connectivity index (χ0n) is 4.72. The van der Waals surface area contributed by atoms with E-state index in [0.29, 0.717) is 0 Å². The van der Waals surface area contributed by atoms with Gasteiger partial charge >= 0.3 is 0 Å². The smallest absolute Gasteiger partial charge is 0.153 e. The van der Waals surface area contributed by atoms with E-state index in [-0.39, 0.29) is 11.8 Å². The highest BCUT2D eigenvalue weighted by molar-refractivity contribution is 5.85. The first-order valence-electron chi connectivity index (χ1n) is 2.58. The zero-order valence-corrected chi connectivity index (χ0v) is 4.72. The van der Waals surface area contributed by atoms with E-state index < -0.39 is 0 Å². The Morgan fingerprint density at radius 3 is 3.00 bits per heavy atom. The highest BCUT2D eigenvalue weighted by Crippen LogP contribution is 1.95. The second kappa shape index (κ2) is 1.94. The van der Waals surface area contributed by atoms with Gasteiger partial charge in [0.25, 0.3) is 0 Å². The number of ketones is 1. The number of rotatable bonds is 1. The van der Waals surface area contributed by atoms with Crippen molar-refractivity contribution in [2.24, 2.45) is 5.10 Å². The summed E-state index contributed by atoms with van der Waals surface area (Å²) in [6.45, 7) is 1.56. The summed E-state index contributed by atoms with van der Waals surface area (Å²) >= 11 is 0. The Balaban J connectivity index is 2.41. The summed E-state index contributed by atoms with van der Waals surface area (Å²) in [6.07, 6.45) is 2.46. The molecule has 0 saturated heterocycles. The van der Waals surface area contributed by atoms with Crippen molar-refractivity contribution >= 4 is 12.0 Å². The van der Waals surface area contributed by atoms with Gasteiger partial charge in [0.15, 0.2) is 5.78 Å². The first kappa shape index (κ1) is 5.28. The topological polar surface area (TPSA) is 41.5 Å². The number of Topliss-reactive ketones (excluding diaryl/α,β-unsaturated/α-hetero) is 1. The van der Waals surface area contributed by atoms with Crippen molar-refractivity contribution < 1.29 is 4.79 Å². The number of hydrogen-bond donors (Lipinski definition) is 1. The molecule has 0 amide bonds. The van der Waals surface area contributed by atoms with Crippen molar-refractivity contribution in [2.75, 3.05) is 0 Å². The van der Waals surface area contributed by atoms with E-state index in [1.165, 1.54) is 0 Å². The van der Waals surface area contributed by atoms with Crippen LogP contribution in [0.4, 0.5) is 0 Å². The van der Waals surface area contributed by atoms with Crippen molar-refractivity contribution in [2.45, 2.75) is 19.4 Å². The van der Waals surface area contributed by atoms with Crippen LogP contribution in [0.2, 0.25) is 0 Å². The average Bonchev–Trinajstić information content (AvgIpc) is 2.12. The summed E-state index contributed by atoms with van der Waals surface area (Å²) in [7, 11) is 0. The molecule has 1 aliphatic rings. The Morgan fingerprint density at radius 2 is 2.75 bits per heavy atom. The lowest BCUT2D eigenvalue weighted by Gasteiger charge is -2.01. The number of nitrogens with one attached hydrogen (secondary N) is 1. The summed E-state index contributed by atoms with van der Waals surface area (Å²) in [4.78, 5) is 10.5. The third kappa shape index (κ3) is 0.857. The average molecular weight is 112 g/mol.